The molecule has 18 heavy (non-hydrogen) atoms. The maximum atomic E-state index is 9.08. The first-order valence-corrected chi connectivity index (χ1v) is 6.73. The van der Waals surface area contributed by atoms with Crippen LogP contribution in [0.3, 0.4) is 0 Å². The van der Waals surface area contributed by atoms with Crippen molar-refractivity contribution in [1.29, 1.82) is 0 Å². The van der Waals surface area contributed by atoms with Crippen molar-refractivity contribution in [3.63, 3.8) is 0 Å². The topological polar surface area (TPSA) is 41.5 Å². The van der Waals surface area contributed by atoms with E-state index in [1.54, 1.807) is 0 Å². The van der Waals surface area contributed by atoms with Crippen LogP contribution in [0.25, 0.3) is 0 Å². The lowest BCUT2D eigenvalue weighted by Crippen LogP contribution is -2.33. The molecule has 3 nitrogen and oxygen atoms in total. The van der Waals surface area contributed by atoms with Gasteiger partial charge in [-0.3, -0.25) is 0 Å². The van der Waals surface area contributed by atoms with Gasteiger partial charge in [0.25, 0.3) is 0 Å². The molecule has 0 saturated carbocycles. The van der Waals surface area contributed by atoms with E-state index in [2.05, 4.69) is 31.3 Å². The molecule has 2 N–H and O–H groups in total. The SMILES string of the molecule is CCCOc1cccc(CNC(C)C(C)CO)c1. The van der Waals surface area contributed by atoms with E-state index in [4.69, 9.17) is 9.84 Å². The van der Waals surface area contributed by atoms with Gasteiger partial charge < -0.3 is 15.2 Å². The second kappa shape index (κ2) is 8.11. The largest absolute Gasteiger partial charge is 0.494 e. The predicted octanol–water partition coefficient (Wildman–Crippen LogP) is 2.58. The number of hydrogen-bond donors (Lipinski definition) is 2. The minimum atomic E-state index is 0.216. The molecule has 0 aliphatic carbocycles. The molecule has 0 aliphatic rings. The lowest BCUT2D eigenvalue weighted by atomic mass is 10.0. The molecule has 1 rings (SSSR count). The Morgan fingerprint density at radius 1 is 1.33 bits per heavy atom. The Morgan fingerprint density at radius 3 is 2.78 bits per heavy atom. The standard InChI is InChI=1S/C15H25NO2/c1-4-8-18-15-7-5-6-14(9-15)10-16-13(3)12(2)11-17/h5-7,9,12-13,16-17H,4,8,10-11H2,1-3H3. The van der Waals surface area contributed by atoms with Gasteiger partial charge in [0, 0.05) is 19.2 Å². The van der Waals surface area contributed by atoms with Crippen molar-refractivity contribution in [3.05, 3.63) is 29.8 Å². The molecule has 102 valence electrons. The fraction of sp³-hybridized carbons (Fsp3) is 0.600. The third-order valence-electron chi connectivity index (χ3n) is 3.14. The number of rotatable bonds is 8. The van der Waals surface area contributed by atoms with Gasteiger partial charge in [0.15, 0.2) is 0 Å². The maximum absolute atomic E-state index is 9.08. The van der Waals surface area contributed by atoms with Crippen molar-refractivity contribution >= 4 is 0 Å². The van der Waals surface area contributed by atoms with Crippen LogP contribution in [0.2, 0.25) is 0 Å². The van der Waals surface area contributed by atoms with Crippen LogP contribution in [0.4, 0.5) is 0 Å². The summed E-state index contributed by atoms with van der Waals surface area (Å²) in [6, 6.07) is 8.46. The van der Waals surface area contributed by atoms with Gasteiger partial charge in [-0.15, -0.1) is 0 Å². The second-order valence-corrected chi connectivity index (χ2v) is 4.83. The molecule has 0 bridgehead atoms. The molecule has 0 aromatic heterocycles. The highest BCUT2D eigenvalue weighted by Gasteiger charge is 2.10. The first kappa shape index (κ1) is 15.0. The number of benzene rings is 1. The third-order valence-corrected chi connectivity index (χ3v) is 3.14. The van der Waals surface area contributed by atoms with Gasteiger partial charge >= 0.3 is 0 Å². The second-order valence-electron chi connectivity index (χ2n) is 4.83. The van der Waals surface area contributed by atoms with Crippen molar-refractivity contribution in [2.45, 2.75) is 39.8 Å². The first-order chi connectivity index (χ1) is 8.67. The van der Waals surface area contributed by atoms with Crippen LogP contribution in [-0.4, -0.2) is 24.4 Å². The molecule has 3 heteroatoms. The molecule has 2 unspecified atom stereocenters. The van der Waals surface area contributed by atoms with Crippen LogP contribution in [0.1, 0.15) is 32.8 Å². The van der Waals surface area contributed by atoms with Crippen molar-refractivity contribution < 1.29 is 9.84 Å². The number of aliphatic hydroxyl groups is 1. The number of ether oxygens (including phenoxy) is 1. The molecule has 1 aromatic rings. The van der Waals surface area contributed by atoms with Crippen LogP contribution < -0.4 is 10.1 Å². The fourth-order valence-electron chi connectivity index (χ4n) is 1.60. The molecule has 1 aromatic carbocycles. The third kappa shape index (κ3) is 5.07. The van der Waals surface area contributed by atoms with Crippen LogP contribution >= 0.6 is 0 Å². The Kier molecular flexibility index (Phi) is 6.76. The van der Waals surface area contributed by atoms with Gasteiger partial charge in [0.1, 0.15) is 5.75 Å². The summed E-state index contributed by atoms with van der Waals surface area (Å²) in [6.07, 6.45) is 1.02. The summed E-state index contributed by atoms with van der Waals surface area (Å²) >= 11 is 0. The smallest absolute Gasteiger partial charge is 0.119 e. The van der Waals surface area contributed by atoms with Gasteiger partial charge in [-0.05, 0) is 37.0 Å². The molecule has 0 heterocycles. The van der Waals surface area contributed by atoms with Gasteiger partial charge in [-0.2, -0.15) is 0 Å². The highest BCUT2D eigenvalue weighted by atomic mass is 16.5. The molecule has 0 saturated heterocycles. The molecule has 0 amide bonds. The molecule has 0 aliphatic heterocycles. The molecule has 0 fully saturated rings. The van der Waals surface area contributed by atoms with Crippen LogP contribution in [-0.2, 0) is 6.54 Å². The zero-order valence-electron chi connectivity index (χ0n) is 11.6. The molecule has 0 radical (unpaired) electrons. The van der Waals surface area contributed by atoms with Crippen molar-refractivity contribution in [1.82, 2.24) is 5.32 Å². The van der Waals surface area contributed by atoms with E-state index in [1.807, 2.05) is 19.1 Å². The zero-order valence-corrected chi connectivity index (χ0v) is 11.6. The Bertz CT molecular complexity index is 341. The number of nitrogens with one attached hydrogen (secondary N) is 1. The van der Waals surface area contributed by atoms with Crippen LogP contribution in [0.5, 0.6) is 5.75 Å². The van der Waals surface area contributed by atoms with E-state index in [1.165, 1.54) is 5.56 Å². The van der Waals surface area contributed by atoms with E-state index >= 15 is 0 Å². The quantitative estimate of drug-likeness (QED) is 0.746. The van der Waals surface area contributed by atoms with Crippen LogP contribution in [0, 0.1) is 5.92 Å². The average Bonchev–Trinajstić information content (AvgIpc) is 2.42. The maximum Gasteiger partial charge on any atom is 0.119 e. The number of hydrogen-bond acceptors (Lipinski definition) is 3. The van der Waals surface area contributed by atoms with Crippen molar-refractivity contribution in [2.75, 3.05) is 13.2 Å². The summed E-state index contributed by atoms with van der Waals surface area (Å²) in [4.78, 5) is 0. The first-order valence-electron chi connectivity index (χ1n) is 6.73. The Morgan fingerprint density at radius 2 is 2.11 bits per heavy atom. The Hall–Kier alpha value is -1.06. The van der Waals surface area contributed by atoms with E-state index in [9.17, 15) is 0 Å². The fourth-order valence-corrected chi connectivity index (χ4v) is 1.60. The summed E-state index contributed by atoms with van der Waals surface area (Å²) in [5.74, 6) is 1.20. The lowest BCUT2D eigenvalue weighted by Gasteiger charge is -2.19. The van der Waals surface area contributed by atoms with Gasteiger partial charge in [0.05, 0.1) is 6.61 Å². The Labute approximate surface area is 110 Å². The normalized spacial score (nSPS) is 14.2. The van der Waals surface area contributed by atoms with E-state index in [0.29, 0.717) is 6.04 Å². The highest BCUT2D eigenvalue weighted by Crippen LogP contribution is 2.14. The molecular formula is C15H25NO2. The lowest BCUT2D eigenvalue weighted by molar-refractivity contribution is 0.207. The van der Waals surface area contributed by atoms with Crippen molar-refractivity contribution in [3.8, 4) is 5.75 Å². The summed E-state index contributed by atoms with van der Waals surface area (Å²) in [7, 11) is 0. The highest BCUT2D eigenvalue weighted by molar-refractivity contribution is 5.28. The van der Waals surface area contributed by atoms with E-state index in [-0.39, 0.29) is 12.5 Å². The molecule has 2 atom stereocenters. The minimum Gasteiger partial charge on any atom is -0.494 e. The predicted molar refractivity (Wildman–Crippen MR) is 74.8 cm³/mol. The summed E-state index contributed by atoms with van der Waals surface area (Å²) in [5, 5.41) is 12.5. The van der Waals surface area contributed by atoms with Gasteiger partial charge in [0.2, 0.25) is 0 Å². The van der Waals surface area contributed by atoms with E-state index in [0.717, 1.165) is 25.3 Å². The minimum absolute atomic E-state index is 0.216. The van der Waals surface area contributed by atoms with E-state index < -0.39 is 0 Å². The van der Waals surface area contributed by atoms with Crippen molar-refractivity contribution in [2.24, 2.45) is 5.92 Å². The zero-order chi connectivity index (χ0) is 13.4. The van der Waals surface area contributed by atoms with Gasteiger partial charge in [-0.25, -0.2) is 0 Å². The average molecular weight is 251 g/mol. The summed E-state index contributed by atoms with van der Waals surface area (Å²) < 4.78 is 5.60. The van der Waals surface area contributed by atoms with Gasteiger partial charge in [-0.1, -0.05) is 26.0 Å². The Balaban J connectivity index is 2.46. The molecule has 0 spiro atoms. The molecular weight excluding hydrogens is 226 g/mol. The number of aliphatic hydroxyl groups excluding tert-OH is 1. The van der Waals surface area contributed by atoms with Crippen LogP contribution in [0.15, 0.2) is 24.3 Å². The monoisotopic (exact) mass is 251 g/mol. The summed E-state index contributed by atoms with van der Waals surface area (Å²) in [6.45, 7) is 8.01. The summed E-state index contributed by atoms with van der Waals surface area (Å²) in [5.41, 5.74) is 1.21.